The Morgan fingerprint density at radius 3 is 2.89 bits per heavy atom. The summed E-state index contributed by atoms with van der Waals surface area (Å²) in [7, 11) is 0. The molecule has 0 aromatic carbocycles. The number of nitrogen functional groups attached to an aromatic ring is 1. The zero-order valence-corrected chi connectivity index (χ0v) is 11.0. The van der Waals surface area contributed by atoms with Gasteiger partial charge in [-0.1, -0.05) is 6.07 Å². The van der Waals surface area contributed by atoms with Gasteiger partial charge in [-0.3, -0.25) is 9.67 Å². The lowest BCUT2D eigenvalue weighted by Gasteiger charge is -1.99. The van der Waals surface area contributed by atoms with Crippen molar-refractivity contribution in [2.24, 2.45) is 0 Å². The van der Waals surface area contributed by atoms with Gasteiger partial charge in [-0.2, -0.15) is 5.10 Å². The average Bonchev–Trinajstić information content (AvgIpc) is 2.80. The Hall–Kier alpha value is -1.95. The van der Waals surface area contributed by atoms with Crippen molar-refractivity contribution < 1.29 is 0 Å². The van der Waals surface area contributed by atoms with Crippen LogP contribution in [0.3, 0.4) is 0 Å². The Morgan fingerprint density at radius 2 is 2.17 bits per heavy atom. The fourth-order valence-corrected chi connectivity index (χ4v) is 2.18. The molecule has 0 unspecified atom stereocenters. The maximum Gasteiger partial charge on any atom is 0.134 e. The van der Waals surface area contributed by atoms with Gasteiger partial charge in [0.1, 0.15) is 11.3 Å². The molecule has 0 amide bonds. The number of halogens is 1. The zero-order chi connectivity index (χ0) is 12.5. The molecule has 0 aliphatic rings. The summed E-state index contributed by atoms with van der Waals surface area (Å²) in [5.41, 5.74) is 7.60. The van der Waals surface area contributed by atoms with Crippen LogP contribution in [0.2, 0.25) is 0 Å². The number of nitrogens with zero attached hydrogens (tertiary/aromatic N) is 4. The van der Waals surface area contributed by atoms with Crippen LogP contribution >= 0.6 is 15.9 Å². The van der Waals surface area contributed by atoms with Crippen molar-refractivity contribution in [1.29, 1.82) is 0 Å². The Balaban J connectivity index is 2.04. The molecular weight excluding hydrogens is 294 g/mol. The zero-order valence-electron chi connectivity index (χ0n) is 9.42. The van der Waals surface area contributed by atoms with Gasteiger partial charge in [-0.05, 0) is 28.1 Å². The largest absolute Gasteiger partial charge is 0.383 e. The van der Waals surface area contributed by atoms with Gasteiger partial charge in [0, 0.05) is 18.6 Å². The maximum atomic E-state index is 5.83. The second kappa shape index (κ2) is 4.38. The molecule has 0 spiro atoms. The Bertz CT molecular complexity index is 653. The molecule has 0 fully saturated rings. The van der Waals surface area contributed by atoms with Crippen molar-refractivity contribution >= 4 is 32.7 Å². The van der Waals surface area contributed by atoms with Gasteiger partial charge in [-0.15, -0.1) is 0 Å². The van der Waals surface area contributed by atoms with E-state index in [1.165, 1.54) is 0 Å². The molecule has 18 heavy (non-hydrogen) atoms. The van der Waals surface area contributed by atoms with E-state index in [1.54, 1.807) is 12.4 Å². The van der Waals surface area contributed by atoms with Crippen LogP contribution in [-0.4, -0.2) is 19.7 Å². The second-order valence-electron chi connectivity index (χ2n) is 3.90. The first-order valence-electron chi connectivity index (χ1n) is 5.41. The van der Waals surface area contributed by atoms with Crippen molar-refractivity contribution in [2.75, 3.05) is 5.73 Å². The van der Waals surface area contributed by atoms with E-state index in [2.05, 4.69) is 31.0 Å². The molecule has 0 radical (unpaired) electrons. The number of fused-ring (bicyclic) bond motifs is 1. The fourth-order valence-electron chi connectivity index (χ4n) is 1.78. The molecule has 3 heterocycles. The van der Waals surface area contributed by atoms with Crippen molar-refractivity contribution in [3.05, 3.63) is 47.0 Å². The summed E-state index contributed by atoms with van der Waals surface area (Å²) in [6, 6.07) is 5.81. The minimum atomic E-state index is 0.487. The number of hydrogen-bond acceptors (Lipinski definition) is 4. The van der Waals surface area contributed by atoms with E-state index < -0.39 is 0 Å². The molecule has 3 aromatic rings. The Morgan fingerprint density at radius 1 is 1.28 bits per heavy atom. The first kappa shape index (κ1) is 11.2. The third-order valence-electron chi connectivity index (χ3n) is 2.63. The van der Waals surface area contributed by atoms with E-state index in [-0.39, 0.29) is 0 Å². The second-order valence-corrected chi connectivity index (χ2v) is 4.76. The summed E-state index contributed by atoms with van der Waals surface area (Å²) in [6.07, 6.45) is 5.32. The van der Waals surface area contributed by atoms with E-state index in [4.69, 9.17) is 5.73 Å². The standard InChI is InChI=1S/C12H10BrN5/c13-10-5-16-12(14)9-7-18(17-11(9)10)6-8-3-1-2-4-15-8/h1-5,7H,6H2,(H2,14,16). The topological polar surface area (TPSA) is 69.6 Å². The molecule has 3 rings (SSSR count). The van der Waals surface area contributed by atoms with E-state index in [9.17, 15) is 0 Å². The molecule has 0 atom stereocenters. The average molecular weight is 304 g/mol. The van der Waals surface area contributed by atoms with Gasteiger partial charge in [0.15, 0.2) is 0 Å². The fraction of sp³-hybridized carbons (Fsp3) is 0.0833. The van der Waals surface area contributed by atoms with Gasteiger partial charge in [0.05, 0.1) is 22.1 Å². The quantitative estimate of drug-likeness (QED) is 0.788. The van der Waals surface area contributed by atoms with Gasteiger partial charge >= 0.3 is 0 Å². The van der Waals surface area contributed by atoms with E-state index in [0.29, 0.717) is 12.4 Å². The molecule has 6 heteroatoms. The lowest BCUT2D eigenvalue weighted by atomic mass is 10.3. The van der Waals surface area contributed by atoms with Crippen LogP contribution in [0.15, 0.2) is 41.3 Å². The van der Waals surface area contributed by atoms with Gasteiger partial charge in [0.25, 0.3) is 0 Å². The molecular formula is C12H10BrN5. The lowest BCUT2D eigenvalue weighted by molar-refractivity contribution is 0.680. The molecule has 0 saturated heterocycles. The van der Waals surface area contributed by atoms with Crippen LogP contribution in [0.4, 0.5) is 5.82 Å². The van der Waals surface area contributed by atoms with Crippen LogP contribution < -0.4 is 5.73 Å². The summed E-state index contributed by atoms with van der Waals surface area (Å²) in [5, 5.41) is 5.33. The molecule has 3 aromatic heterocycles. The highest BCUT2D eigenvalue weighted by atomic mass is 79.9. The Labute approximate surface area is 112 Å². The monoisotopic (exact) mass is 303 g/mol. The Kier molecular flexibility index (Phi) is 2.71. The highest BCUT2D eigenvalue weighted by molar-refractivity contribution is 9.10. The summed E-state index contributed by atoms with van der Waals surface area (Å²) < 4.78 is 2.65. The normalized spacial score (nSPS) is 10.9. The number of rotatable bonds is 2. The molecule has 0 saturated carbocycles. The molecule has 2 N–H and O–H groups in total. The highest BCUT2D eigenvalue weighted by Gasteiger charge is 2.09. The smallest absolute Gasteiger partial charge is 0.134 e. The number of anilines is 1. The maximum absolute atomic E-state index is 5.83. The van der Waals surface area contributed by atoms with Crippen molar-refractivity contribution in [3.8, 4) is 0 Å². The molecule has 5 nitrogen and oxygen atoms in total. The number of hydrogen-bond donors (Lipinski definition) is 1. The molecule has 0 aliphatic carbocycles. The lowest BCUT2D eigenvalue weighted by Crippen LogP contribution is -2.01. The number of pyridine rings is 2. The number of aromatic nitrogens is 4. The summed E-state index contributed by atoms with van der Waals surface area (Å²) >= 11 is 3.42. The van der Waals surface area contributed by atoms with E-state index in [1.807, 2.05) is 29.1 Å². The summed E-state index contributed by atoms with van der Waals surface area (Å²) in [6.45, 7) is 0.612. The minimum Gasteiger partial charge on any atom is -0.383 e. The van der Waals surface area contributed by atoms with Crippen molar-refractivity contribution in [2.45, 2.75) is 6.54 Å². The van der Waals surface area contributed by atoms with E-state index >= 15 is 0 Å². The van der Waals surface area contributed by atoms with E-state index in [0.717, 1.165) is 21.1 Å². The third-order valence-corrected chi connectivity index (χ3v) is 3.21. The van der Waals surface area contributed by atoms with Gasteiger partial charge < -0.3 is 5.73 Å². The SMILES string of the molecule is Nc1ncc(Br)c2nn(Cc3ccccn3)cc12. The predicted molar refractivity (Wildman–Crippen MR) is 73.0 cm³/mol. The third kappa shape index (κ3) is 1.95. The van der Waals surface area contributed by atoms with Crippen LogP contribution in [-0.2, 0) is 6.54 Å². The van der Waals surface area contributed by atoms with Crippen LogP contribution in [0.5, 0.6) is 0 Å². The summed E-state index contributed by atoms with van der Waals surface area (Å²) in [5.74, 6) is 0.487. The molecule has 90 valence electrons. The van der Waals surface area contributed by atoms with Gasteiger partial charge in [-0.25, -0.2) is 4.98 Å². The summed E-state index contributed by atoms with van der Waals surface area (Å²) in [4.78, 5) is 8.36. The van der Waals surface area contributed by atoms with Crippen molar-refractivity contribution in [3.63, 3.8) is 0 Å². The van der Waals surface area contributed by atoms with Crippen LogP contribution in [0.25, 0.3) is 10.9 Å². The van der Waals surface area contributed by atoms with Crippen LogP contribution in [0, 0.1) is 0 Å². The predicted octanol–water partition coefficient (Wildman–Crippen LogP) is 2.22. The minimum absolute atomic E-state index is 0.487. The first-order valence-corrected chi connectivity index (χ1v) is 6.20. The van der Waals surface area contributed by atoms with Crippen LogP contribution in [0.1, 0.15) is 5.69 Å². The highest BCUT2D eigenvalue weighted by Crippen LogP contribution is 2.25. The first-order chi connectivity index (χ1) is 8.74. The van der Waals surface area contributed by atoms with Crippen molar-refractivity contribution in [1.82, 2.24) is 19.7 Å². The number of nitrogens with two attached hydrogens (primary N) is 1. The molecule has 0 bridgehead atoms. The molecule has 0 aliphatic heterocycles. The van der Waals surface area contributed by atoms with Gasteiger partial charge in [0.2, 0.25) is 0 Å².